The molecule has 6 nitrogen and oxygen atoms in total. The summed E-state index contributed by atoms with van der Waals surface area (Å²) >= 11 is 0. The van der Waals surface area contributed by atoms with Crippen molar-refractivity contribution in [2.45, 2.75) is 26.2 Å². The molecule has 0 spiro atoms. The fourth-order valence-corrected chi connectivity index (χ4v) is 3.31. The average molecular weight is 459 g/mol. The molecule has 0 aromatic heterocycles. The van der Waals surface area contributed by atoms with Gasteiger partial charge in [-0.15, -0.1) is 0 Å². The maximum atomic E-state index is 12.6. The van der Waals surface area contributed by atoms with Crippen molar-refractivity contribution in [1.82, 2.24) is 0 Å². The van der Waals surface area contributed by atoms with Crippen LogP contribution < -0.4 is 20.1 Å². The quantitative estimate of drug-likeness (QED) is 0.432. The van der Waals surface area contributed by atoms with Crippen molar-refractivity contribution in [3.8, 4) is 11.5 Å². The molecule has 0 fully saturated rings. The van der Waals surface area contributed by atoms with Gasteiger partial charge in [0.15, 0.2) is 11.5 Å². The van der Waals surface area contributed by atoms with Gasteiger partial charge in [-0.2, -0.15) is 0 Å². The summed E-state index contributed by atoms with van der Waals surface area (Å²) in [5, 5.41) is 5.69. The van der Waals surface area contributed by atoms with E-state index in [-0.39, 0.29) is 17.2 Å². The summed E-state index contributed by atoms with van der Waals surface area (Å²) < 4.78 is 10.5. The van der Waals surface area contributed by atoms with Gasteiger partial charge in [-0.05, 0) is 65.1 Å². The number of hydrogen-bond acceptors (Lipinski definition) is 4. The molecule has 176 valence electrons. The van der Waals surface area contributed by atoms with Crippen LogP contribution in [0, 0.1) is 0 Å². The van der Waals surface area contributed by atoms with Crippen LogP contribution in [0.15, 0.2) is 72.8 Å². The Kier molecular flexibility index (Phi) is 7.74. The molecule has 34 heavy (non-hydrogen) atoms. The average Bonchev–Trinajstić information content (AvgIpc) is 2.82. The summed E-state index contributed by atoms with van der Waals surface area (Å²) in [6.45, 7) is 6.39. The molecular weight excluding hydrogens is 428 g/mol. The van der Waals surface area contributed by atoms with Crippen molar-refractivity contribution < 1.29 is 19.1 Å². The van der Waals surface area contributed by atoms with Crippen molar-refractivity contribution in [1.29, 1.82) is 0 Å². The van der Waals surface area contributed by atoms with E-state index in [9.17, 15) is 9.59 Å². The first-order valence-electron chi connectivity index (χ1n) is 10.9. The van der Waals surface area contributed by atoms with Gasteiger partial charge in [0, 0.05) is 23.0 Å². The zero-order valence-corrected chi connectivity index (χ0v) is 20.1. The van der Waals surface area contributed by atoms with Crippen LogP contribution in [-0.2, 0) is 10.2 Å². The van der Waals surface area contributed by atoms with Crippen molar-refractivity contribution in [3.63, 3.8) is 0 Å². The molecule has 0 aliphatic rings. The van der Waals surface area contributed by atoms with Gasteiger partial charge in [-0.1, -0.05) is 45.0 Å². The molecule has 0 bridgehead atoms. The summed E-state index contributed by atoms with van der Waals surface area (Å²) in [6.07, 6.45) is 3.12. The van der Waals surface area contributed by atoms with Gasteiger partial charge in [0.05, 0.1) is 14.2 Å². The Balaban J connectivity index is 1.63. The van der Waals surface area contributed by atoms with Crippen molar-refractivity contribution >= 4 is 29.3 Å². The number of carbonyl (C=O) groups is 2. The van der Waals surface area contributed by atoms with Gasteiger partial charge >= 0.3 is 0 Å². The predicted molar refractivity (Wildman–Crippen MR) is 137 cm³/mol. The lowest BCUT2D eigenvalue weighted by molar-refractivity contribution is -0.111. The minimum absolute atomic E-state index is 0.0232. The third-order valence-corrected chi connectivity index (χ3v) is 5.24. The molecule has 0 aliphatic heterocycles. The van der Waals surface area contributed by atoms with E-state index >= 15 is 0 Å². The molecule has 2 N–H and O–H groups in total. The first-order chi connectivity index (χ1) is 16.2. The molecule has 2 amide bonds. The second-order valence-corrected chi connectivity index (χ2v) is 8.80. The van der Waals surface area contributed by atoms with Crippen LogP contribution >= 0.6 is 0 Å². The lowest BCUT2D eigenvalue weighted by atomic mass is 9.87. The van der Waals surface area contributed by atoms with Crippen LogP contribution in [0.3, 0.4) is 0 Å². The van der Waals surface area contributed by atoms with Gasteiger partial charge in [0.25, 0.3) is 5.91 Å². The number of hydrogen-bond donors (Lipinski definition) is 2. The lowest BCUT2D eigenvalue weighted by Gasteiger charge is -2.19. The van der Waals surface area contributed by atoms with E-state index in [2.05, 4.69) is 31.4 Å². The number of rotatable bonds is 7. The highest BCUT2D eigenvalue weighted by atomic mass is 16.5. The van der Waals surface area contributed by atoms with E-state index in [4.69, 9.17) is 9.47 Å². The van der Waals surface area contributed by atoms with Crippen LogP contribution in [0.1, 0.15) is 42.3 Å². The fourth-order valence-electron chi connectivity index (χ4n) is 3.31. The smallest absolute Gasteiger partial charge is 0.255 e. The highest BCUT2D eigenvalue weighted by Gasteiger charge is 2.14. The molecule has 0 unspecified atom stereocenters. The van der Waals surface area contributed by atoms with Gasteiger partial charge < -0.3 is 20.1 Å². The summed E-state index contributed by atoms with van der Waals surface area (Å²) in [5.41, 5.74) is 3.71. The molecule has 3 aromatic rings. The number of carbonyl (C=O) groups excluding carboxylic acids is 2. The molecule has 0 aliphatic carbocycles. The molecule has 0 atom stereocenters. The van der Waals surface area contributed by atoms with Crippen molar-refractivity contribution in [3.05, 3.63) is 89.5 Å². The Hall–Kier alpha value is -4.06. The SMILES string of the molecule is COc1ccc(/C=C/C(=O)Nc2cccc(NC(=O)c3ccc(C(C)(C)C)cc3)c2)cc1OC. The Labute approximate surface area is 200 Å². The third-order valence-electron chi connectivity index (χ3n) is 5.24. The van der Waals surface area contributed by atoms with Crippen LogP contribution in [0.25, 0.3) is 6.08 Å². The van der Waals surface area contributed by atoms with Crippen molar-refractivity contribution in [2.75, 3.05) is 24.9 Å². The Morgan fingerprint density at radius 2 is 1.44 bits per heavy atom. The van der Waals surface area contributed by atoms with E-state index in [1.54, 1.807) is 56.7 Å². The summed E-state index contributed by atoms with van der Waals surface area (Å²) in [7, 11) is 3.13. The number of benzene rings is 3. The van der Waals surface area contributed by atoms with Crippen molar-refractivity contribution in [2.24, 2.45) is 0 Å². The van der Waals surface area contributed by atoms with E-state index in [1.807, 2.05) is 30.3 Å². The molecule has 0 heterocycles. The van der Waals surface area contributed by atoms with E-state index < -0.39 is 0 Å². The van der Waals surface area contributed by atoms with Crippen LogP contribution in [0.2, 0.25) is 0 Å². The monoisotopic (exact) mass is 458 g/mol. The Morgan fingerprint density at radius 1 is 0.794 bits per heavy atom. The van der Waals surface area contributed by atoms with Gasteiger partial charge in [-0.3, -0.25) is 9.59 Å². The second-order valence-electron chi connectivity index (χ2n) is 8.80. The molecular formula is C28H30N2O4. The highest BCUT2D eigenvalue weighted by molar-refractivity contribution is 6.05. The number of nitrogens with one attached hydrogen (secondary N) is 2. The number of anilines is 2. The van der Waals surface area contributed by atoms with Crippen LogP contribution in [0.5, 0.6) is 11.5 Å². The summed E-state index contributed by atoms with van der Waals surface area (Å²) in [4.78, 5) is 25.0. The maximum absolute atomic E-state index is 12.6. The second kappa shape index (κ2) is 10.7. The van der Waals surface area contributed by atoms with E-state index in [1.165, 1.54) is 6.08 Å². The van der Waals surface area contributed by atoms with E-state index in [0.717, 1.165) is 11.1 Å². The standard InChI is InChI=1S/C28H30N2O4/c1-28(2,3)21-13-11-20(12-14-21)27(32)30-23-8-6-7-22(18-23)29-26(31)16-10-19-9-15-24(33-4)25(17-19)34-5/h6-18H,1-5H3,(H,29,31)(H,30,32)/b16-10+. The van der Waals surface area contributed by atoms with Gasteiger partial charge in [-0.25, -0.2) is 0 Å². The minimum atomic E-state index is -0.295. The topological polar surface area (TPSA) is 76.7 Å². The highest BCUT2D eigenvalue weighted by Crippen LogP contribution is 2.28. The molecule has 0 saturated carbocycles. The van der Waals surface area contributed by atoms with E-state index in [0.29, 0.717) is 28.4 Å². The number of ether oxygens (including phenoxy) is 2. The summed E-state index contributed by atoms with van der Waals surface area (Å²) in [5.74, 6) is 0.697. The zero-order chi connectivity index (χ0) is 24.7. The summed E-state index contributed by atoms with van der Waals surface area (Å²) in [6, 6.07) is 20.0. The van der Waals surface area contributed by atoms with Crippen LogP contribution in [-0.4, -0.2) is 26.0 Å². The van der Waals surface area contributed by atoms with Crippen LogP contribution in [0.4, 0.5) is 11.4 Å². The largest absolute Gasteiger partial charge is 0.493 e. The first kappa shape index (κ1) is 24.6. The maximum Gasteiger partial charge on any atom is 0.255 e. The van der Waals surface area contributed by atoms with Gasteiger partial charge in [0.2, 0.25) is 5.91 Å². The van der Waals surface area contributed by atoms with Gasteiger partial charge in [0.1, 0.15) is 0 Å². The molecule has 0 saturated heterocycles. The lowest BCUT2D eigenvalue weighted by Crippen LogP contribution is -2.14. The molecule has 6 heteroatoms. The normalized spacial score (nSPS) is 11.2. The Bertz CT molecular complexity index is 1190. The first-order valence-corrected chi connectivity index (χ1v) is 10.9. The molecule has 3 aromatic carbocycles. The fraction of sp³-hybridized carbons (Fsp3) is 0.214. The number of amides is 2. The third kappa shape index (κ3) is 6.48. The predicted octanol–water partition coefficient (Wildman–Crippen LogP) is 5.91. The number of methoxy groups -OCH3 is 2. The zero-order valence-electron chi connectivity index (χ0n) is 20.1. The minimum Gasteiger partial charge on any atom is -0.493 e. The molecule has 0 radical (unpaired) electrons. The Morgan fingerprint density at radius 3 is 2.06 bits per heavy atom. The molecule has 3 rings (SSSR count).